The van der Waals surface area contributed by atoms with Gasteiger partial charge in [-0.15, -0.1) is 0 Å². The summed E-state index contributed by atoms with van der Waals surface area (Å²) in [7, 11) is 0. The normalized spacial score (nSPS) is 13.8. The molecule has 4 rings (SSSR count). The maximum Gasteiger partial charge on any atom is 0.135 e. The molecule has 0 radical (unpaired) electrons. The summed E-state index contributed by atoms with van der Waals surface area (Å²) in [6.45, 7) is 4.96. The Balaban J connectivity index is 1.95. The second-order valence-corrected chi connectivity index (χ2v) is 6.89. The summed E-state index contributed by atoms with van der Waals surface area (Å²) in [5.74, 6) is -0.250. The zero-order valence-electron chi connectivity index (χ0n) is 14.9. The van der Waals surface area contributed by atoms with E-state index >= 15 is 0 Å². The molecule has 0 fully saturated rings. The van der Waals surface area contributed by atoms with E-state index in [-0.39, 0.29) is 0 Å². The van der Waals surface area contributed by atoms with Crippen LogP contribution in [0.2, 0.25) is 0 Å². The fourth-order valence-corrected chi connectivity index (χ4v) is 3.62. The largest absolute Gasteiger partial charge is 0.370 e. The number of nitrogens with zero attached hydrogens (tertiary/aromatic N) is 2. The average Bonchev–Trinajstić information content (AvgIpc) is 2.77. The number of benzene rings is 2. The van der Waals surface area contributed by atoms with Crippen LogP contribution in [0.4, 0.5) is 14.6 Å². The molecule has 0 spiro atoms. The second kappa shape index (κ2) is 6.56. The van der Waals surface area contributed by atoms with E-state index in [9.17, 15) is 8.78 Å². The minimum Gasteiger partial charge on any atom is -0.370 e. The van der Waals surface area contributed by atoms with Crippen molar-refractivity contribution in [2.24, 2.45) is 0 Å². The molecule has 0 atom stereocenters. The number of hydrogen-bond donors (Lipinski definition) is 1. The van der Waals surface area contributed by atoms with Crippen LogP contribution in [-0.4, -0.2) is 16.3 Å². The lowest BCUT2D eigenvalue weighted by Crippen LogP contribution is -2.08. The standard InChI is InChI=1S/C21H21F2N3/c1-13-6-9-19(14(2)11-13)26-21-17(5-3-4-10-24-21)20(25-26)16-8-7-15(22)12-18(16)23/h6-9,11-12,24H,3-5,10H2,1-2H3. The third-order valence-electron chi connectivity index (χ3n) is 4.90. The summed E-state index contributed by atoms with van der Waals surface area (Å²) in [6.07, 6.45) is 2.88. The fraction of sp³-hybridized carbons (Fsp3) is 0.286. The van der Waals surface area contributed by atoms with Crippen molar-refractivity contribution in [2.45, 2.75) is 33.1 Å². The number of hydrogen-bond acceptors (Lipinski definition) is 2. The van der Waals surface area contributed by atoms with Gasteiger partial charge in [-0.1, -0.05) is 17.7 Å². The van der Waals surface area contributed by atoms with Gasteiger partial charge >= 0.3 is 0 Å². The molecule has 0 aliphatic carbocycles. The zero-order valence-corrected chi connectivity index (χ0v) is 14.9. The summed E-state index contributed by atoms with van der Waals surface area (Å²) in [4.78, 5) is 0. The minimum absolute atomic E-state index is 0.342. The fourth-order valence-electron chi connectivity index (χ4n) is 3.62. The number of aromatic nitrogens is 2. The van der Waals surface area contributed by atoms with E-state index in [1.54, 1.807) is 0 Å². The Hall–Kier alpha value is -2.69. The van der Waals surface area contributed by atoms with Crippen LogP contribution in [0.5, 0.6) is 0 Å². The van der Waals surface area contributed by atoms with Crippen molar-refractivity contribution in [2.75, 3.05) is 11.9 Å². The Labute approximate surface area is 151 Å². The lowest BCUT2D eigenvalue weighted by molar-refractivity contribution is 0.585. The topological polar surface area (TPSA) is 29.9 Å². The van der Waals surface area contributed by atoms with E-state index in [0.29, 0.717) is 11.3 Å². The number of anilines is 1. The van der Waals surface area contributed by atoms with Gasteiger partial charge in [0, 0.05) is 23.7 Å². The predicted molar refractivity (Wildman–Crippen MR) is 99.8 cm³/mol. The van der Waals surface area contributed by atoms with Crippen molar-refractivity contribution in [1.82, 2.24) is 9.78 Å². The Bertz CT molecular complexity index is 900. The molecule has 3 nitrogen and oxygen atoms in total. The van der Waals surface area contributed by atoms with Crippen LogP contribution < -0.4 is 5.32 Å². The van der Waals surface area contributed by atoms with Crippen LogP contribution in [-0.2, 0) is 6.42 Å². The molecule has 134 valence electrons. The van der Waals surface area contributed by atoms with E-state index in [4.69, 9.17) is 5.10 Å². The smallest absolute Gasteiger partial charge is 0.135 e. The maximum atomic E-state index is 14.4. The van der Waals surface area contributed by atoms with Gasteiger partial charge in [0.15, 0.2) is 0 Å². The SMILES string of the molecule is Cc1ccc(-n2nc(-c3ccc(F)cc3F)c3c2NCCCC3)c(C)c1. The first kappa shape index (κ1) is 16.8. The molecule has 1 aromatic heterocycles. The maximum absolute atomic E-state index is 14.4. The lowest BCUT2D eigenvalue weighted by Gasteiger charge is -2.12. The molecule has 0 amide bonds. The van der Waals surface area contributed by atoms with Crippen LogP contribution in [0, 0.1) is 25.5 Å². The average molecular weight is 353 g/mol. The first-order valence-electron chi connectivity index (χ1n) is 8.93. The number of aryl methyl sites for hydroxylation is 2. The Kier molecular flexibility index (Phi) is 4.23. The molecule has 2 aromatic carbocycles. The number of nitrogens with one attached hydrogen (secondary N) is 1. The van der Waals surface area contributed by atoms with Gasteiger partial charge in [-0.25, -0.2) is 13.5 Å². The van der Waals surface area contributed by atoms with Gasteiger partial charge in [0.05, 0.1) is 5.69 Å². The van der Waals surface area contributed by atoms with E-state index in [1.165, 1.54) is 17.7 Å². The van der Waals surface area contributed by atoms with Crippen molar-refractivity contribution in [3.8, 4) is 16.9 Å². The highest BCUT2D eigenvalue weighted by Gasteiger charge is 2.24. The molecule has 2 heterocycles. The molecule has 26 heavy (non-hydrogen) atoms. The van der Waals surface area contributed by atoms with Crippen molar-refractivity contribution in [1.29, 1.82) is 0 Å². The highest BCUT2D eigenvalue weighted by Crippen LogP contribution is 2.35. The molecule has 0 saturated carbocycles. The molecule has 5 heteroatoms. The van der Waals surface area contributed by atoms with Gasteiger partial charge in [0.25, 0.3) is 0 Å². The summed E-state index contributed by atoms with van der Waals surface area (Å²) in [6, 6.07) is 9.87. The number of fused-ring (bicyclic) bond motifs is 1. The molecule has 0 saturated heterocycles. The van der Waals surface area contributed by atoms with E-state index < -0.39 is 11.6 Å². The third kappa shape index (κ3) is 2.87. The Morgan fingerprint density at radius 3 is 2.65 bits per heavy atom. The lowest BCUT2D eigenvalue weighted by atomic mass is 10.0. The van der Waals surface area contributed by atoms with Crippen molar-refractivity contribution in [3.05, 3.63) is 64.7 Å². The van der Waals surface area contributed by atoms with Gasteiger partial charge in [0.1, 0.15) is 23.1 Å². The highest BCUT2D eigenvalue weighted by molar-refractivity contribution is 5.72. The summed E-state index contributed by atoms with van der Waals surface area (Å²) < 4.78 is 29.7. The van der Waals surface area contributed by atoms with Crippen LogP contribution in [0.1, 0.15) is 29.5 Å². The monoisotopic (exact) mass is 353 g/mol. The van der Waals surface area contributed by atoms with Gasteiger partial charge < -0.3 is 5.32 Å². The van der Waals surface area contributed by atoms with E-state index in [0.717, 1.165) is 54.5 Å². The van der Waals surface area contributed by atoms with Gasteiger partial charge in [-0.2, -0.15) is 5.10 Å². The number of halogens is 2. The number of rotatable bonds is 2. The molecule has 0 bridgehead atoms. The predicted octanol–water partition coefficient (Wildman–Crippen LogP) is 5.18. The second-order valence-electron chi connectivity index (χ2n) is 6.89. The van der Waals surface area contributed by atoms with Crippen LogP contribution in [0.25, 0.3) is 16.9 Å². The summed E-state index contributed by atoms with van der Waals surface area (Å²) in [5, 5.41) is 8.21. The van der Waals surface area contributed by atoms with Gasteiger partial charge in [-0.05, 0) is 56.9 Å². The van der Waals surface area contributed by atoms with E-state index in [2.05, 4.69) is 18.3 Å². The zero-order chi connectivity index (χ0) is 18.3. The Morgan fingerprint density at radius 1 is 1.04 bits per heavy atom. The van der Waals surface area contributed by atoms with Crippen molar-refractivity contribution >= 4 is 5.82 Å². The van der Waals surface area contributed by atoms with E-state index in [1.807, 2.05) is 23.7 Å². The molecule has 1 N–H and O–H groups in total. The molecule has 1 aliphatic heterocycles. The first-order chi connectivity index (χ1) is 12.5. The van der Waals surface area contributed by atoms with Crippen LogP contribution in [0.15, 0.2) is 36.4 Å². The Morgan fingerprint density at radius 2 is 1.88 bits per heavy atom. The van der Waals surface area contributed by atoms with Crippen molar-refractivity contribution in [3.63, 3.8) is 0 Å². The highest BCUT2D eigenvalue weighted by atomic mass is 19.1. The van der Waals surface area contributed by atoms with Crippen LogP contribution >= 0.6 is 0 Å². The third-order valence-corrected chi connectivity index (χ3v) is 4.90. The van der Waals surface area contributed by atoms with Crippen molar-refractivity contribution < 1.29 is 8.78 Å². The quantitative estimate of drug-likeness (QED) is 0.688. The van der Waals surface area contributed by atoms with Gasteiger partial charge in [0.2, 0.25) is 0 Å². The first-order valence-corrected chi connectivity index (χ1v) is 8.93. The molecular formula is C21H21F2N3. The summed E-state index contributed by atoms with van der Waals surface area (Å²) >= 11 is 0. The van der Waals surface area contributed by atoms with Crippen LogP contribution in [0.3, 0.4) is 0 Å². The molecule has 0 unspecified atom stereocenters. The minimum atomic E-state index is -0.581. The summed E-state index contributed by atoms with van der Waals surface area (Å²) in [5.41, 5.74) is 5.18. The molecule has 3 aromatic rings. The molecular weight excluding hydrogens is 332 g/mol. The van der Waals surface area contributed by atoms with Gasteiger partial charge in [-0.3, -0.25) is 0 Å². The molecule has 1 aliphatic rings.